The van der Waals surface area contributed by atoms with Crippen LogP contribution in [0.3, 0.4) is 0 Å². The summed E-state index contributed by atoms with van der Waals surface area (Å²) >= 11 is 0. The van der Waals surface area contributed by atoms with Gasteiger partial charge in [-0.2, -0.15) is 0 Å². The predicted molar refractivity (Wildman–Crippen MR) is 99.8 cm³/mol. The molecule has 1 aromatic carbocycles. The van der Waals surface area contributed by atoms with Gasteiger partial charge in [0.15, 0.2) is 0 Å². The van der Waals surface area contributed by atoms with Crippen molar-refractivity contribution in [1.29, 1.82) is 0 Å². The van der Waals surface area contributed by atoms with Crippen molar-refractivity contribution in [2.24, 2.45) is 5.92 Å². The zero-order chi connectivity index (χ0) is 18.1. The summed E-state index contributed by atoms with van der Waals surface area (Å²) in [5, 5.41) is 5.72. The Morgan fingerprint density at radius 3 is 2.73 bits per heavy atom. The third-order valence-corrected chi connectivity index (χ3v) is 4.83. The van der Waals surface area contributed by atoms with Gasteiger partial charge in [0.1, 0.15) is 11.5 Å². The molecule has 1 heterocycles. The van der Waals surface area contributed by atoms with Gasteiger partial charge in [0, 0.05) is 29.3 Å². The number of carbonyl (C=O) groups is 2. The van der Waals surface area contributed by atoms with Gasteiger partial charge in [0.25, 0.3) is 5.91 Å². The van der Waals surface area contributed by atoms with Crippen molar-refractivity contribution in [2.75, 3.05) is 5.32 Å². The molecule has 26 heavy (non-hydrogen) atoms. The quantitative estimate of drug-likeness (QED) is 0.775. The fourth-order valence-corrected chi connectivity index (χ4v) is 2.95. The minimum Gasteiger partial charge on any atom is -0.461 e. The first-order chi connectivity index (χ1) is 12.6. The Kier molecular flexibility index (Phi) is 4.37. The van der Waals surface area contributed by atoms with E-state index >= 15 is 0 Å². The van der Waals surface area contributed by atoms with Crippen LogP contribution in [-0.2, 0) is 4.79 Å². The highest BCUT2D eigenvalue weighted by atomic mass is 16.3. The van der Waals surface area contributed by atoms with Crippen LogP contribution in [0.25, 0.3) is 6.08 Å². The lowest BCUT2D eigenvalue weighted by Gasteiger charge is -2.06. The van der Waals surface area contributed by atoms with Crippen LogP contribution < -0.4 is 10.6 Å². The SMILES string of the molecule is CC1CC1c1ccc(/C=C/C(=O)Nc2cccc(C(=O)NC3CC3)c2)o1. The Labute approximate surface area is 152 Å². The molecule has 0 spiro atoms. The fraction of sp³-hybridized carbons (Fsp3) is 0.333. The van der Waals surface area contributed by atoms with Crippen LogP contribution in [0.2, 0.25) is 0 Å². The number of benzene rings is 1. The van der Waals surface area contributed by atoms with Gasteiger partial charge in [-0.25, -0.2) is 0 Å². The standard InChI is InChI=1S/C21H22N2O3/c1-13-11-18(13)19-9-7-17(26-19)8-10-20(24)22-16-4-2-3-14(12-16)21(25)23-15-5-6-15/h2-4,7-10,12-13,15,18H,5-6,11H2,1H3,(H,22,24)(H,23,25)/b10-8+. The number of carbonyl (C=O) groups excluding carboxylic acids is 2. The molecule has 2 amide bonds. The molecule has 4 rings (SSSR count). The molecule has 5 heteroatoms. The zero-order valence-corrected chi connectivity index (χ0v) is 14.7. The van der Waals surface area contributed by atoms with E-state index in [-0.39, 0.29) is 11.8 Å². The second kappa shape index (κ2) is 6.83. The molecule has 2 N–H and O–H groups in total. The van der Waals surface area contributed by atoms with E-state index < -0.39 is 0 Å². The molecule has 0 saturated heterocycles. The van der Waals surface area contributed by atoms with Crippen LogP contribution in [0.1, 0.15) is 54.0 Å². The maximum atomic E-state index is 12.1. The number of amides is 2. The number of hydrogen-bond acceptors (Lipinski definition) is 3. The van der Waals surface area contributed by atoms with Gasteiger partial charge in [0.2, 0.25) is 5.91 Å². The summed E-state index contributed by atoms with van der Waals surface area (Å²) < 4.78 is 5.75. The van der Waals surface area contributed by atoms with Crippen molar-refractivity contribution < 1.29 is 14.0 Å². The Morgan fingerprint density at radius 2 is 2.00 bits per heavy atom. The second-order valence-electron chi connectivity index (χ2n) is 7.21. The van der Waals surface area contributed by atoms with Crippen molar-refractivity contribution in [3.05, 3.63) is 59.6 Å². The first kappa shape index (κ1) is 16.6. The summed E-state index contributed by atoms with van der Waals surface area (Å²) in [6.07, 6.45) is 6.36. The maximum Gasteiger partial charge on any atom is 0.251 e. The minimum absolute atomic E-state index is 0.100. The lowest BCUT2D eigenvalue weighted by molar-refractivity contribution is -0.111. The zero-order valence-electron chi connectivity index (χ0n) is 14.7. The fourth-order valence-electron chi connectivity index (χ4n) is 2.95. The van der Waals surface area contributed by atoms with Crippen molar-refractivity contribution in [3.63, 3.8) is 0 Å². The summed E-state index contributed by atoms with van der Waals surface area (Å²) in [4.78, 5) is 24.2. The average molecular weight is 350 g/mol. The van der Waals surface area contributed by atoms with Crippen LogP contribution in [-0.4, -0.2) is 17.9 Å². The Morgan fingerprint density at radius 1 is 1.19 bits per heavy atom. The molecule has 2 aliphatic carbocycles. The third kappa shape index (κ3) is 4.04. The highest BCUT2D eigenvalue weighted by molar-refractivity contribution is 6.03. The Bertz CT molecular complexity index is 864. The van der Waals surface area contributed by atoms with Crippen molar-refractivity contribution in [3.8, 4) is 0 Å². The number of hydrogen-bond donors (Lipinski definition) is 2. The van der Waals surface area contributed by atoms with E-state index in [1.165, 1.54) is 12.5 Å². The molecule has 2 atom stereocenters. The first-order valence-corrected chi connectivity index (χ1v) is 9.08. The van der Waals surface area contributed by atoms with Gasteiger partial charge in [-0.1, -0.05) is 13.0 Å². The summed E-state index contributed by atoms with van der Waals surface area (Å²) in [5.74, 6) is 2.51. The molecule has 2 unspecified atom stereocenters. The van der Waals surface area contributed by atoms with E-state index in [9.17, 15) is 9.59 Å². The smallest absolute Gasteiger partial charge is 0.251 e. The topological polar surface area (TPSA) is 71.3 Å². The molecule has 5 nitrogen and oxygen atoms in total. The van der Waals surface area contributed by atoms with Crippen molar-refractivity contribution in [1.82, 2.24) is 5.32 Å². The van der Waals surface area contributed by atoms with Gasteiger partial charge in [-0.05, 0) is 61.6 Å². The van der Waals surface area contributed by atoms with E-state index in [1.54, 1.807) is 30.3 Å². The normalized spacial score (nSPS) is 21.6. The highest BCUT2D eigenvalue weighted by Gasteiger charge is 2.36. The van der Waals surface area contributed by atoms with E-state index in [2.05, 4.69) is 17.6 Å². The van der Waals surface area contributed by atoms with Crippen LogP contribution in [0.5, 0.6) is 0 Å². The summed E-state index contributed by atoms with van der Waals surface area (Å²) in [6, 6.07) is 11.1. The number of rotatable bonds is 6. The van der Waals surface area contributed by atoms with E-state index in [1.807, 2.05) is 12.1 Å². The Balaban J connectivity index is 1.35. The number of nitrogens with one attached hydrogen (secondary N) is 2. The molecule has 2 aliphatic rings. The molecular weight excluding hydrogens is 328 g/mol. The minimum atomic E-state index is -0.262. The van der Waals surface area contributed by atoms with E-state index in [0.29, 0.717) is 34.9 Å². The summed E-state index contributed by atoms with van der Waals surface area (Å²) in [6.45, 7) is 2.20. The van der Waals surface area contributed by atoms with Crippen molar-refractivity contribution >= 4 is 23.6 Å². The van der Waals surface area contributed by atoms with Crippen LogP contribution >= 0.6 is 0 Å². The van der Waals surface area contributed by atoms with Crippen molar-refractivity contribution in [2.45, 2.75) is 38.1 Å². The second-order valence-corrected chi connectivity index (χ2v) is 7.21. The summed E-state index contributed by atoms with van der Waals surface area (Å²) in [5.41, 5.74) is 1.14. The summed E-state index contributed by atoms with van der Waals surface area (Å²) in [7, 11) is 0. The van der Waals surface area contributed by atoms with Gasteiger partial charge in [-0.3, -0.25) is 9.59 Å². The highest BCUT2D eigenvalue weighted by Crippen LogP contribution is 2.47. The molecule has 134 valence electrons. The van der Waals surface area contributed by atoms with Gasteiger partial charge in [-0.15, -0.1) is 0 Å². The molecule has 0 radical (unpaired) electrons. The predicted octanol–water partition coefficient (Wildman–Crippen LogP) is 3.95. The largest absolute Gasteiger partial charge is 0.461 e. The molecule has 2 saturated carbocycles. The third-order valence-electron chi connectivity index (χ3n) is 4.83. The molecule has 1 aromatic heterocycles. The molecule has 0 bridgehead atoms. The molecule has 2 aromatic rings. The lowest BCUT2D eigenvalue weighted by atomic mass is 10.2. The van der Waals surface area contributed by atoms with Gasteiger partial charge >= 0.3 is 0 Å². The molecule has 2 fully saturated rings. The van der Waals surface area contributed by atoms with Crippen LogP contribution in [0.15, 0.2) is 46.9 Å². The monoisotopic (exact) mass is 350 g/mol. The number of anilines is 1. The maximum absolute atomic E-state index is 12.1. The van der Waals surface area contributed by atoms with Crippen LogP contribution in [0.4, 0.5) is 5.69 Å². The van der Waals surface area contributed by atoms with Gasteiger partial charge < -0.3 is 15.1 Å². The molecule has 0 aliphatic heterocycles. The van der Waals surface area contributed by atoms with Crippen LogP contribution in [0, 0.1) is 5.92 Å². The number of furan rings is 1. The first-order valence-electron chi connectivity index (χ1n) is 9.08. The average Bonchev–Trinajstić information content (AvgIpc) is 3.53. The lowest BCUT2D eigenvalue weighted by Crippen LogP contribution is -2.25. The molecular formula is C21H22N2O3. The van der Waals surface area contributed by atoms with Gasteiger partial charge in [0.05, 0.1) is 0 Å². The Hall–Kier alpha value is -2.82. The van der Waals surface area contributed by atoms with E-state index in [4.69, 9.17) is 4.42 Å². The van der Waals surface area contributed by atoms with E-state index in [0.717, 1.165) is 18.6 Å².